The molecule has 1 aromatic rings. The van der Waals surface area contributed by atoms with Gasteiger partial charge in [0.25, 0.3) is 0 Å². The zero-order chi connectivity index (χ0) is 15.5. The SMILES string of the molecule is C=C[C@H]1C[C@@H](N2CCc3c(N)ncnc32)[C@@H]2OC(C)(C)O[C@@H]21. The first-order chi connectivity index (χ1) is 10.5. The lowest BCUT2D eigenvalue weighted by atomic mass is 10.1. The molecule has 4 rings (SSSR count). The Hall–Kier alpha value is -1.66. The van der Waals surface area contributed by atoms with Gasteiger partial charge in [0, 0.05) is 18.0 Å². The smallest absolute Gasteiger partial charge is 0.163 e. The number of ether oxygens (including phenoxy) is 2. The van der Waals surface area contributed by atoms with Crippen molar-refractivity contribution in [1.82, 2.24) is 9.97 Å². The van der Waals surface area contributed by atoms with Crippen LogP contribution in [-0.2, 0) is 15.9 Å². The van der Waals surface area contributed by atoms with Crippen molar-refractivity contribution in [1.29, 1.82) is 0 Å². The average Bonchev–Trinajstić information content (AvgIpc) is 3.10. The molecule has 22 heavy (non-hydrogen) atoms. The predicted molar refractivity (Wildman–Crippen MR) is 83.4 cm³/mol. The highest BCUT2D eigenvalue weighted by Crippen LogP contribution is 2.46. The maximum absolute atomic E-state index is 6.19. The van der Waals surface area contributed by atoms with Crippen molar-refractivity contribution < 1.29 is 9.47 Å². The molecule has 2 N–H and O–H groups in total. The highest BCUT2D eigenvalue weighted by atomic mass is 16.8. The molecule has 0 radical (unpaired) electrons. The summed E-state index contributed by atoms with van der Waals surface area (Å²) in [6, 6.07) is 0.241. The van der Waals surface area contributed by atoms with Crippen LogP contribution >= 0.6 is 0 Å². The van der Waals surface area contributed by atoms with Gasteiger partial charge < -0.3 is 20.1 Å². The van der Waals surface area contributed by atoms with Gasteiger partial charge in [0.1, 0.15) is 24.1 Å². The van der Waals surface area contributed by atoms with Crippen molar-refractivity contribution in [3.05, 3.63) is 24.5 Å². The van der Waals surface area contributed by atoms with E-state index in [-0.39, 0.29) is 18.2 Å². The highest BCUT2D eigenvalue weighted by molar-refractivity contribution is 5.61. The second kappa shape index (κ2) is 4.67. The predicted octanol–water partition coefficient (Wildman–Crippen LogP) is 1.52. The Balaban J connectivity index is 1.67. The second-order valence-corrected chi connectivity index (χ2v) is 6.77. The van der Waals surface area contributed by atoms with Gasteiger partial charge in [0.05, 0.1) is 12.1 Å². The summed E-state index contributed by atoms with van der Waals surface area (Å²) in [5.41, 5.74) is 7.04. The standard InChI is InChI=1S/C16H22N4O2/c1-4-9-7-11(13-12(9)21-16(2,3)22-13)20-6-5-10-14(17)18-8-19-15(10)20/h4,8-9,11-13H,1,5-7H2,2-3H3,(H2,17,18,19)/t9-,11+,12+,13-/m0/s1. The molecular formula is C16H22N4O2. The lowest BCUT2D eigenvalue weighted by Gasteiger charge is -2.30. The van der Waals surface area contributed by atoms with E-state index >= 15 is 0 Å². The monoisotopic (exact) mass is 302 g/mol. The third-order valence-electron chi connectivity index (χ3n) is 5.01. The minimum atomic E-state index is -0.539. The molecule has 0 spiro atoms. The molecule has 1 aromatic heterocycles. The summed E-state index contributed by atoms with van der Waals surface area (Å²) in [4.78, 5) is 10.9. The fourth-order valence-corrected chi connectivity index (χ4v) is 4.09. The maximum Gasteiger partial charge on any atom is 0.163 e. The summed E-state index contributed by atoms with van der Waals surface area (Å²) in [7, 11) is 0. The number of nitrogen functional groups attached to an aromatic ring is 1. The van der Waals surface area contributed by atoms with Crippen LogP contribution in [0.3, 0.4) is 0 Å². The van der Waals surface area contributed by atoms with Gasteiger partial charge in [-0.15, -0.1) is 6.58 Å². The molecule has 0 unspecified atom stereocenters. The first kappa shape index (κ1) is 14.0. The molecule has 1 aliphatic carbocycles. The zero-order valence-corrected chi connectivity index (χ0v) is 13.0. The van der Waals surface area contributed by atoms with Crippen molar-refractivity contribution in [3.8, 4) is 0 Å². The molecule has 3 aliphatic rings. The Morgan fingerprint density at radius 2 is 2.14 bits per heavy atom. The van der Waals surface area contributed by atoms with Crippen molar-refractivity contribution >= 4 is 11.6 Å². The van der Waals surface area contributed by atoms with E-state index in [1.165, 1.54) is 0 Å². The van der Waals surface area contributed by atoms with Gasteiger partial charge in [-0.05, 0) is 26.7 Å². The molecule has 1 saturated heterocycles. The summed E-state index contributed by atoms with van der Waals surface area (Å²) in [6.07, 6.45) is 5.51. The highest BCUT2D eigenvalue weighted by Gasteiger charge is 2.55. The van der Waals surface area contributed by atoms with Crippen LogP contribution in [0.4, 0.5) is 11.6 Å². The summed E-state index contributed by atoms with van der Waals surface area (Å²) in [6.45, 7) is 8.82. The summed E-state index contributed by atoms with van der Waals surface area (Å²) in [5, 5.41) is 0. The van der Waals surface area contributed by atoms with Crippen LogP contribution in [-0.4, -0.2) is 40.5 Å². The topological polar surface area (TPSA) is 73.5 Å². The zero-order valence-electron chi connectivity index (χ0n) is 13.0. The number of anilines is 2. The van der Waals surface area contributed by atoms with E-state index in [0.717, 1.165) is 30.8 Å². The van der Waals surface area contributed by atoms with Gasteiger partial charge in [-0.2, -0.15) is 0 Å². The van der Waals surface area contributed by atoms with Crippen LogP contribution < -0.4 is 10.6 Å². The van der Waals surface area contributed by atoms with Crippen molar-refractivity contribution in [2.75, 3.05) is 17.2 Å². The molecule has 0 bridgehead atoms. The number of nitrogens with two attached hydrogens (primary N) is 1. The molecule has 6 heteroatoms. The lowest BCUT2D eigenvalue weighted by Crippen LogP contribution is -2.43. The van der Waals surface area contributed by atoms with Crippen LogP contribution in [0.5, 0.6) is 0 Å². The van der Waals surface area contributed by atoms with Gasteiger partial charge in [-0.1, -0.05) is 6.08 Å². The van der Waals surface area contributed by atoms with Crippen LogP contribution in [0, 0.1) is 5.92 Å². The average molecular weight is 302 g/mol. The van der Waals surface area contributed by atoms with Crippen LogP contribution in [0.25, 0.3) is 0 Å². The first-order valence-electron chi connectivity index (χ1n) is 7.84. The minimum absolute atomic E-state index is 0.0418. The van der Waals surface area contributed by atoms with Crippen molar-refractivity contribution in [2.45, 2.75) is 50.7 Å². The minimum Gasteiger partial charge on any atom is -0.383 e. The Morgan fingerprint density at radius 3 is 2.91 bits per heavy atom. The van der Waals surface area contributed by atoms with Crippen LogP contribution in [0.2, 0.25) is 0 Å². The number of hydrogen-bond acceptors (Lipinski definition) is 6. The number of fused-ring (bicyclic) bond motifs is 2. The molecule has 1 saturated carbocycles. The Bertz CT molecular complexity index is 618. The van der Waals surface area contributed by atoms with E-state index in [0.29, 0.717) is 11.7 Å². The number of hydrogen-bond donors (Lipinski definition) is 1. The molecule has 2 fully saturated rings. The molecule has 6 nitrogen and oxygen atoms in total. The van der Waals surface area contributed by atoms with E-state index in [1.807, 2.05) is 19.9 Å². The van der Waals surface area contributed by atoms with E-state index in [2.05, 4.69) is 21.4 Å². The van der Waals surface area contributed by atoms with Gasteiger partial charge in [-0.3, -0.25) is 0 Å². The second-order valence-electron chi connectivity index (χ2n) is 6.77. The van der Waals surface area contributed by atoms with E-state index in [9.17, 15) is 0 Å². The third kappa shape index (κ3) is 1.94. The number of aromatic nitrogens is 2. The van der Waals surface area contributed by atoms with Gasteiger partial charge in [-0.25, -0.2) is 9.97 Å². The van der Waals surface area contributed by atoms with Gasteiger partial charge in [0.2, 0.25) is 0 Å². The van der Waals surface area contributed by atoms with Crippen molar-refractivity contribution in [3.63, 3.8) is 0 Å². The molecule has 3 heterocycles. The summed E-state index contributed by atoms with van der Waals surface area (Å²) >= 11 is 0. The Labute approximate surface area is 130 Å². The fourth-order valence-electron chi connectivity index (χ4n) is 4.09. The molecule has 2 aliphatic heterocycles. The largest absolute Gasteiger partial charge is 0.383 e. The first-order valence-corrected chi connectivity index (χ1v) is 7.84. The summed E-state index contributed by atoms with van der Waals surface area (Å²) < 4.78 is 12.3. The van der Waals surface area contributed by atoms with Gasteiger partial charge in [0.15, 0.2) is 5.79 Å². The molecule has 118 valence electrons. The van der Waals surface area contributed by atoms with Crippen LogP contribution in [0.1, 0.15) is 25.8 Å². The third-order valence-corrected chi connectivity index (χ3v) is 5.01. The fraction of sp³-hybridized carbons (Fsp3) is 0.625. The van der Waals surface area contributed by atoms with E-state index in [4.69, 9.17) is 15.2 Å². The Kier molecular flexibility index (Phi) is 2.96. The van der Waals surface area contributed by atoms with Gasteiger partial charge >= 0.3 is 0 Å². The summed E-state index contributed by atoms with van der Waals surface area (Å²) in [5.74, 6) is 1.31. The molecule has 4 atom stereocenters. The Morgan fingerprint density at radius 1 is 1.36 bits per heavy atom. The lowest BCUT2D eigenvalue weighted by molar-refractivity contribution is -0.155. The van der Waals surface area contributed by atoms with E-state index in [1.54, 1.807) is 6.33 Å². The number of rotatable bonds is 2. The normalized spacial score (nSPS) is 35.5. The molecule has 0 amide bonds. The van der Waals surface area contributed by atoms with Crippen molar-refractivity contribution in [2.24, 2.45) is 5.92 Å². The number of nitrogens with zero attached hydrogens (tertiary/aromatic N) is 3. The molecular weight excluding hydrogens is 280 g/mol. The molecule has 0 aromatic carbocycles. The maximum atomic E-state index is 6.19. The van der Waals surface area contributed by atoms with E-state index < -0.39 is 5.79 Å². The van der Waals surface area contributed by atoms with Crippen LogP contribution in [0.15, 0.2) is 19.0 Å². The quantitative estimate of drug-likeness (QED) is 0.835.